The monoisotopic (exact) mass is 346 g/mol. The van der Waals surface area contributed by atoms with Crippen LogP contribution in [0.2, 0.25) is 0 Å². The molecule has 132 valence electrons. The molecule has 26 heavy (non-hydrogen) atoms. The number of rotatable bonds is 4. The summed E-state index contributed by atoms with van der Waals surface area (Å²) in [5.74, 6) is 1.65. The number of methoxy groups -OCH3 is 1. The first kappa shape index (κ1) is 17.7. The van der Waals surface area contributed by atoms with Crippen molar-refractivity contribution in [1.29, 1.82) is 5.26 Å². The van der Waals surface area contributed by atoms with Crippen LogP contribution in [0.1, 0.15) is 18.4 Å². The van der Waals surface area contributed by atoms with E-state index in [1.54, 1.807) is 13.3 Å². The van der Waals surface area contributed by atoms with Gasteiger partial charge in [-0.05, 0) is 49.6 Å². The molecule has 1 aliphatic rings. The van der Waals surface area contributed by atoms with Crippen molar-refractivity contribution >= 4 is 22.3 Å². The summed E-state index contributed by atoms with van der Waals surface area (Å²) in [6.07, 6.45) is 4.35. The van der Waals surface area contributed by atoms with Crippen LogP contribution in [0.4, 0.5) is 11.4 Å². The Bertz CT molecular complexity index is 914. The smallest absolute Gasteiger partial charge is 0.121 e. The molecule has 4 rings (SSSR count). The molecule has 5 heteroatoms. The highest BCUT2D eigenvalue weighted by Crippen LogP contribution is 2.30. The predicted molar refractivity (Wildman–Crippen MR) is 105 cm³/mol. The first-order valence-electron chi connectivity index (χ1n) is 8.64. The molecule has 2 aromatic carbocycles. The van der Waals surface area contributed by atoms with E-state index in [0.29, 0.717) is 5.56 Å². The van der Waals surface area contributed by atoms with Gasteiger partial charge in [0.1, 0.15) is 11.8 Å². The zero-order chi connectivity index (χ0) is 18.4. The minimum atomic E-state index is 0.511. The predicted octanol–water partition coefficient (Wildman–Crippen LogP) is 4.21. The van der Waals surface area contributed by atoms with E-state index in [2.05, 4.69) is 16.4 Å². The molecule has 1 saturated carbocycles. The number of nitriles is 1. The second kappa shape index (κ2) is 8.32. The third kappa shape index (κ3) is 4.29. The summed E-state index contributed by atoms with van der Waals surface area (Å²) in [6.45, 7) is 0.917. The molecule has 5 nitrogen and oxygen atoms in total. The van der Waals surface area contributed by atoms with Crippen LogP contribution in [0.25, 0.3) is 10.9 Å². The molecular weight excluding hydrogens is 324 g/mol. The van der Waals surface area contributed by atoms with E-state index in [1.807, 2.05) is 48.5 Å². The van der Waals surface area contributed by atoms with E-state index < -0.39 is 0 Å². The van der Waals surface area contributed by atoms with Gasteiger partial charge in [0.2, 0.25) is 0 Å². The average molecular weight is 346 g/mol. The minimum absolute atomic E-state index is 0.511. The largest absolute Gasteiger partial charge is 0.497 e. The van der Waals surface area contributed by atoms with Crippen molar-refractivity contribution in [3.8, 4) is 11.8 Å². The fourth-order valence-electron chi connectivity index (χ4n) is 2.54. The van der Waals surface area contributed by atoms with Crippen LogP contribution < -0.4 is 15.8 Å². The summed E-state index contributed by atoms with van der Waals surface area (Å²) in [5, 5.41) is 13.5. The SMILES string of the molecule is COc1ccc2c(Nc3ccccc3)c(C#N)cnc2c1.NCC1CC1. The molecule has 3 N–H and O–H groups in total. The summed E-state index contributed by atoms with van der Waals surface area (Å²) in [4.78, 5) is 4.32. The van der Waals surface area contributed by atoms with Crippen molar-refractivity contribution in [1.82, 2.24) is 4.98 Å². The number of ether oxygens (including phenoxy) is 1. The summed E-state index contributed by atoms with van der Waals surface area (Å²) in [7, 11) is 1.62. The van der Waals surface area contributed by atoms with Crippen molar-refractivity contribution in [2.24, 2.45) is 11.7 Å². The molecule has 1 aromatic heterocycles. The highest BCUT2D eigenvalue weighted by molar-refractivity contribution is 5.96. The fraction of sp³-hybridized carbons (Fsp3) is 0.238. The number of nitrogens with one attached hydrogen (secondary N) is 1. The Morgan fingerprint density at radius 3 is 2.58 bits per heavy atom. The van der Waals surface area contributed by atoms with Gasteiger partial charge in [-0.25, -0.2) is 0 Å². The maximum Gasteiger partial charge on any atom is 0.121 e. The normalized spacial score (nSPS) is 12.7. The number of pyridine rings is 1. The number of hydrogen-bond donors (Lipinski definition) is 2. The number of nitrogens with zero attached hydrogens (tertiary/aromatic N) is 2. The molecule has 0 bridgehead atoms. The Kier molecular flexibility index (Phi) is 5.67. The molecule has 0 amide bonds. The number of anilines is 2. The van der Waals surface area contributed by atoms with Crippen LogP contribution in [0.5, 0.6) is 5.75 Å². The number of nitrogens with two attached hydrogens (primary N) is 1. The number of aromatic nitrogens is 1. The zero-order valence-electron chi connectivity index (χ0n) is 14.8. The zero-order valence-corrected chi connectivity index (χ0v) is 14.8. The van der Waals surface area contributed by atoms with Gasteiger partial charge in [-0.15, -0.1) is 0 Å². The topological polar surface area (TPSA) is 84.0 Å². The van der Waals surface area contributed by atoms with E-state index in [4.69, 9.17) is 10.5 Å². The number of benzene rings is 2. The molecule has 1 fully saturated rings. The Balaban J connectivity index is 0.000000339. The molecule has 0 unspecified atom stereocenters. The van der Waals surface area contributed by atoms with Crippen molar-refractivity contribution in [3.63, 3.8) is 0 Å². The first-order chi connectivity index (χ1) is 12.7. The van der Waals surface area contributed by atoms with Crippen LogP contribution >= 0.6 is 0 Å². The number of fused-ring (bicyclic) bond motifs is 1. The van der Waals surface area contributed by atoms with E-state index in [9.17, 15) is 5.26 Å². The molecule has 1 heterocycles. The molecule has 0 atom stereocenters. The van der Waals surface area contributed by atoms with Crippen molar-refractivity contribution in [2.75, 3.05) is 19.0 Å². The summed E-state index contributed by atoms with van der Waals surface area (Å²) in [5.41, 5.74) is 8.22. The Hall–Kier alpha value is -3.10. The molecule has 0 radical (unpaired) electrons. The Morgan fingerprint density at radius 1 is 1.23 bits per heavy atom. The third-order valence-corrected chi connectivity index (χ3v) is 4.27. The van der Waals surface area contributed by atoms with Gasteiger partial charge in [-0.3, -0.25) is 4.98 Å². The summed E-state index contributed by atoms with van der Waals surface area (Å²) in [6, 6.07) is 17.6. The lowest BCUT2D eigenvalue weighted by Crippen LogP contribution is -1.98. The summed E-state index contributed by atoms with van der Waals surface area (Å²) < 4.78 is 5.21. The van der Waals surface area contributed by atoms with Crippen LogP contribution in [-0.4, -0.2) is 18.6 Å². The number of para-hydroxylation sites is 1. The Labute approximate surface area is 153 Å². The van der Waals surface area contributed by atoms with Gasteiger partial charge in [0.25, 0.3) is 0 Å². The quantitative estimate of drug-likeness (QED) is 0.739. The van der Waals surface area contributed by atoms with E-state index >= 15 is 0 Å². The van der Waals surface area contributed by atoms with Gasteiger partial charge in [0.05, 0.1) is 23.9 Å². The fourth-order valence-corrected chi connectivity index (χ4v) is 2.54. The van der Waals surface area contributed by atoms with Gasteiger partial charge < -0.3 is 15.8 Å². The molecule has 0 spiro atoms. The van der Waals surface area contributed by atoms with Gasteiger partial charge in [0.15, 0.2) is 0 Å². The standard InChI is InChI=1S/C17H13N3O.C4H9N/c1-21-14-7-8-15-16(9-14)19-11-12(10-18)17(15)20-13-5-3-2-4-6-13;5-3-4-1-2-4/h2-9,11H,1H3,(H,19,20);4H,1-3,5H2. The second-order valence-corrected chi connectivity index (χ2v) is 6.21. The average Bonchev–Trinajstić information content (AvgIpc) is 3.54. The van der Waals surface area contributed by atoms with Crippen LogP contribution in [0.15, 0.2) is 54.7 Å². The summed E-state index contributed by atoms with van der Waals surface area (Å²) >= 11 is 0. The van der Waals surface area contributed by atoms with Gasteiger partial charge >= 0.3 is 0 Å². The molecule has 1 aliphatic carbocycles. The Morgan fingerprint density at radius 2 is 2.00 bits per heavy atom. The van der Waals surface area contributed by atoms with E-state index in [-0.39, 0.29) is 0 Å². The highest BCUT2D eigenvalue weighted by atomic mass is 16.5. The van der Waals surface area contributed by atoms with Crippen molar-refractivity contribution in [3.05, 3.63) is 60.3 Å². The number of hydrogen-bond acceptors (Lipinski definition) is 5. The third-order valence-electron chi connectivity index (χ3n) is 4.27. The van der Waals surface area contributed by atoms with Crippen LogP contribution in [0.3, 0.4) is 0 Å². The molecular formula is C21H22N4O. The van der Waals surface area contributed by atoms with Crippen molar-refractivity contribution < 1.29 is 4.74 Å². The first-order valence-corrected chi connectivity index (χ1v) is 8.64. The second-order valence-electron chi connectivity index (χ2n) is 6.21. The maximum atomic E-state index is 9.30. The highest BCUT2D eigenvalue weighted by Gasteiger charge is 2.17. The lowest BCUT2D eigenvalue weighted by atomic mass is 10.1. The van der Waals surface area contributed by atoms with Gasteiger partial charge in [-0.2, -0.15) is 5.26 Å². The molecule has 3 aromatic rings. The maximum absolute atomic E-state index is 9.30. The molecule has 0 saturated heterocycles. The lowest BCUT2D eigenvalue weighted by Gasteiger charge is -2.12. The van der Waals surface area contributed by atoms with Gasteiger partial charge in [-0.1, -0.05) is 18.2 Å². The van der Waals surface area contributed by atoms with Gasteiger partial charge in [0, 0.05) is 23.3 Å². The van der Waals surface area contributed by atoms with E-state index in [0.717, 1.165) is 40.5 Å². The van der Waals surface area contributed by atoms with Crippen LogP contribution in [-0.2, 0) is 0 Å². The van der Waals surface area contributed by atoms with Crippen molar-refractivity contribution in [2.45, 2.75) is 12.8 Å². The minimum Gasteiger partial charge on any atom is -0.497 e. The lowest BCUT2D eigenvalue weighted by molar-refractivity contribution is 0.415. The molecule has 0 aliphatic heterocycles. The van der Waals surface area contributed by atoms with Crippen LogP contribution in [0, 0.1) is 17.2 Å². The van der Waals surface area contributed by atoms with E-state index in [1.165, 1.54) is 12.8 Å².